The molecule has 1 aliphatic carbocycles. The lowest BCUT2D eigenvalue weighted by molar-refractivity contribution is -0.148. The van der Waals surface area contributed by atoms with Crippen LogP contribution < -0.4 is 0 Å². The zero-order valence-corrected chi connectivity index (χ0v) is 14.1. The molecule has 5 nitrogen and oxygen atoms in total. The van der Waals surface area contributed by atoms with Gasteiger partial charge in [-0.3, -0.25) is 4.90 Å². The minimum atomic E-state index is -1.16. The monoisotopic (exact) mass is 315 g/mol. The molecule has 2 aliphatic rings. The summed E-state index contributed by atoms with van der Waals surface area (Å²) in [5, 5.41) is 39.2. The van der Waals surface area contributed by atoms with Crippen molar-refractivity contribution in [2.45, 2.75) is 70.8 Å². The van der Waals surface area contributed by atoms with Crippen LogP contribution in [0.25, 0.3) is 0 Å². The van der Waals surface area contributed by atoms with Crippen molar-refractivity contribution in [3.8, 4) is 0 Å². The van der Waals surface area contributed by atoms with Gasteiger partial charge in [0.15, 0.2) is 0 Å². The lowest BCUT2D eigenvalue weighted by Gasteiger charge is -2.45. The molecular formula is C17H33NO4. The van der Waals surface area contributed by atoms with Gasteiger partial charge in [-0.1, -0.05) is 20.8 Å². The fraction of sp³-hybridized carbons (Fsp3) is 1.00. The van der Waals surface area contributed by atoms with Gasteiger partial charge >= 0.3 is 0 Å². The van der Waals surface area contributed by atoms with Gasteiger partial charge in [0, 0.05) is 13.1 Å². The number of hydrogen-bond acceptors (Lipinski definition) is 5. The average molecular weight is 315 g/mol. The van der Waals surface area contributed by atoms with E-state index in [-0.39, 0.29) is 6.61 Å². The third-order valence-corrected chi connectivity index (χ3v) is 5.78. The summed E-state index contributed by atoms with van der Waals surface area (Å²) in [5.41, 5.74) is 0.361. The predicted octanol–water partition coefficient (Wildman–Crippen LogP) is 0.598. The van der Waals surface area contributed by atoms with Crippen molar-refractivity contribution in [1.82, 2.24) is 4.90 Å². The Kier molecular flexibility index (Phi) is 5.89. The van der Waals surface area contributed by atoms with Crippen LogP contribution in [0.1, 0.15) is 46.5 Å². The van der Waals surface area contributed by atoms with Crippen LogP contribution in [0.3, 0.4) is 0 Å². The smallest absolute Gasteiger partial charge is 0.109 e. The SMILES string of the molecule is CC(C)(C)[C@H]1CC[C@H](CN2C[C@H](O)[C@@H](O)[C@H](O)[C@@H]2CO)CC1. The fourth-order valence-corrected chi connectivity index (χ4v) is 4.13. The molecule has 0 spiro atoms. The Morgan fingerprint density at radius 3 is 2.05 bits per heavy atom. The van der Waals surface area contributed by atoms with E-state index in [9.17, 15) is 20.4 Å². The van der Waals surface area contributed by atoms with Gasteiger partial charge in [0.2, 0.25) is 0 Å². The third-order valence-electron chi connectivity index (χ3n) is 5.78. The van der Waals surface area contributed by atoms with Crippen LogP contribution in [0.5, 0.6) is 0 Å². The second-order valence-corrected chi connectivity index (χ2v) is 8.34. The summed E-state index contributed by atoms with van der Waals surface area (Å²) in [6.45, 7) is 7.82. The van der Waals surface area contributed by atoms with E-state index in [1.54, 1.807) is 0 Å². The first-order chi connectivity index (χ1) is 10.2. The van der Waals surface area contributed by atoms with Crippen LogP contribution in [-0.4, -0.2) is 69.4 Å². The molecule has 0 bridgehead atoms. The quantitative estimate of drug-likeness (QED) is 0.613. The molecule has 0 unspecified atom stereocenters. The van der Waals surface area contributed by atoms with Gasteiger partial charge < -0.3 is 20.4 Å². The summed E-state index contributed by atoms with van der Waals surface area (Å²) in [6.07, 6.45) is 1.57. The zero-order valence-electron chi connectivity index (χ0n) is 14.1. The van der Waals surface area contributed by atoms with Crippen molar-refractivity contribution in [1.29, 1.82) is 0 Å². The van der Waals surface area contributed by atoms with Crippen LogP contribution in [0, 0.1) is 17.3 Å². The van der Waals surface area contributed by atoms with E-state index in [0.717, 1.165) is 25.3 Å². The van der Waals surface area contributed by atoms with Gasteiger partial charge in [0.05, 0.1) is 18.8 Å². The van der Waals surface area contributed by atoms with Gasteiger partial charge in [-0.2, -0.15) is 0 Å². The van der Waals surface area contributed by atoms with Crippen molar-refractivity contribution in [3.05, 3.63) is 0 Å². The second kappa shape index (κ2) is 7.14. The Bertz CT molecular complexity index is 349. The van der Waals surface area contributed by atoms with E-state index >= 15 is 0 Å². The molecule has 2 rings (SSSR count). The van der Waals surface area contributed by atoms with Gasteiger partial charge in [-0.15, -0.1) is 0 Å². The molecule has 5 heteroatoms. The van der Waals surface area contributed by atoms with Gasteiger partial charge in [0.1, 0.15) is 12.2 Å². The molecule has 0 amide bonds. The number of piperidine rings is 1. The molecule has 1 aliphatic heterocycles. The predicted molar refractivity (Wildman–Crippen MR) is 85.4 cm³/mol. The minimum absolute atomic E-state index is 0.192. The molecule has 4 N–H and O–H groups in total. The highest BCUT2D eigenvalue weighted by atomic mass is 16.4. The number of aliphatic hydroxyl groups excluding tert-OH is 4. The molecule has 1 saturated heterocycles. The number of likely N-dealkylation sites (tertiary alicyclic amines) is 1. The van der Waals surface area contributed by atoms with Crippen LogP contribution >= 0.6 is 0 Å². The van der Waals surface area contributed by atoms with E-state index in [4.69, 9.17) is 0 Å². The Hall–Kier alpha value is -0.200. The molecule has 0 aromatic rings. The summed E-state index contributed by atoms with van der Waals surface area (Å²) >= 11 is 0. The largest absolute Gasteiger partial charge is 0.395 e. The van der Waals surface area contributed by atoms with E-state index in [2.05, 4.69) is 20.8 Å². The molecule has 22 heavy (non-hydrogen) atoms. The Balaban J connectivity index is 1.90. The van der Waals surface area contributed by atoms with Crippen LogP contribution in [0.4, 0.5) is 0 Å². The summed E-state index contributed by atoms with van der Waals surface area (Å²) in [7, 11) is 0. The molecule has 2 fully saturated rings. The summed E-state index contributed by atoms with van der Waals surface area (Å²) in [4.78, 5) is 1.96. The molecule has 0 aromatic heterocycles. The molecule has 130 valence electrons. The van der Waals surface area contributed by atoms with Crippen molar-refractivity contribution in [3.63, 3.8) is 0 Å². The molecule has 1 heterocycles. The third kappa shape index (κ3) is 4.01. The van der Waals surface area contributed by atoms with E-state index in [1.807, 2.05) is 4.90 Å². The molecular weight excluding hydrogens is 282 g/mol. The minimum Gasteiger partial charge on any atom is -0.395 e. The maximum Gasteiger partial charge on any atom is 0.109 e. The summed E-state index contributed by atoms with van der Waals surface area (Å²) in [6, 6.07) is -0.473. The number of rotatable bonds is 3. The van der Waals surface area contributed by atoms with Crippen LogP contribution in [-0.2, 0) is 0 Å². The summed E-state index contributed by atoms with van der Waals surface area (Å²) < 4.78 is 0. The first-order valence-electron chi connectivity index (χ1n) is 8.63. The number of aliphatic hydroxyl groups is 4. The lowest BCUT2D eigenvalue weighted by atomic mass is 9.69. The normalized spacial score (nSPS) is 41.6. The van der Waals surface area contributed by atoms with Crippen molar-refractivity contribution >= 4 is 0 Å². The fourth-order valence-electron chi connectivity index (χ4n) is 4.13. The topological polar surface area (TPSA) is 84.2 Å². The molecule has 0 aromatic carbocycles. The van der Waals surface area contributed by atoms with Crippen molar-refractivity contribution in [2.75, 3.05) is 19.7 Å². The number of hydrogen-bond donors (Lipinski definition) is 4. The van der Waals surface area contributed by atoms with Crippen molar-refractivity contribution in [2.24, 2.45) is 17.3 Å². The number of β-amino-alcohol motifs (C(OH)–C–C–N with tert-alkyl or cyclic N) is 1. The van der Waals surface area contributed by atoms with Crippen LogP contribution in [0.2, 0.25) is 0 Å². The first kappa shape index (κ1) is 18.1. The Labute approximate surface area is 134 Å². The standard InChI is InChI=1S/C17H33NO4/c1-17(2,3)12-6-4-11(5-7-12)8-18-9-14(20)16(22)15(21)13(18)10-19/h11-16,19-22H,4-10H2,1-3H3/t11-,12-,13-,14-,15+,16+/m0/s1. The summed E-state index contributed by atoms with van der Waals surface area (Å²) in [5.74, 6) is 1.30. The van der Waals surface area contributed by atoms with Gasteiger partial charge in [0.25, 0.3) is 0 Å². The van der Waals surface area contributed by atoms with E-state index < -0.39 is 24.4 Å². The first-order valence-corrected chi connectivity index (χ1v) is 8.63. The van der Waals surface area contributed by atoms with Crippen LogP contribution in [0.15, 0.2) is 0 Å². The maximum atomic E-state index is 10.0. The highest BCUT2D eigenvalue weighted by Crippen LogP contribution is 2.40. The van der Waals surface area contributed by atoms with E-state index in [1.165, 1.54) is 12.8 Å². The highest BCUT2D eigenvalue weighted by molar-refractivity contribution is 4.95. The van der Waals surface area contributed by atoms with Gasteiger partial charge in [-0.25, -0.2) is 0 Å². The average Bonchev–Trinajstić information content (AvgIpc) is 2.45. The van der Waals surface area contributed by atoms with Gasteiger partial charge in [-0.05, 0) is 42.9 Å². The lowest BCUT2D eigenvalue weighted by Crippen LogP contribution is -2.63. The van der Waals surface area contributed by atoms with E-state index in [0.29, 0.717) is 17.9 Å². The van der Waals surface area contributed by atoms with Crippen molar-refractivity contribution < 1.29 is 20.4 Å². The number of nitrogens with zero attached hydrogens (tertiary/aromatic N) is 1. The Morgan fingerprint density at radius 1 is 0.955 bits per heavy atom. The molecule has 1 saturated carbocycles. The Morgan fingerprint density at radius 2 is 1.55 bits per heavy atom. The molecule has 0 radical (unpaired) electrons. The highest BCUT2D eigenvalue weighted by Gasteiger charge is 2.42. The molecule has 4 atom stereocenters. The zero-order chi connectivity index (χ0) is 16.5. The maximum absolute atomic E-state index is 10.0. The second-order valence-electron chi connectivity index (χ2n) is 8.34.